The highest BCUT2D eigenvalue weighted by Crippen LogP contribution is 2.36. The van der Waals surface area contributed by atoms with Crippen LogP contribution in [0.15, 0.2) is 73.2 Å². The number of carbonyl (C=O) groups excluding carboxylic acids is 3. The molecule has 37 heavy (non-hydrogen) atoms. The Morgan fingerprint density at radius 2 is 1.73 bits per heavy atom. The minimum absolute atomic E-state index is 0.308. The molecule has 11 nitrogen and oxygen atoms in total. The number of nitrogens with zero attached hydrogens (tertiary/aromatic N) is 4. The first-order chi connectivity index (χ1) is 18.0. The van der Waals surface area contributed by atoms with Gasteiger partial charge in [0.1, 0.15) is 5.75 Å². The standard InChI is InChI=1S/C26H21N7O4/c34-23-26(24(35)30-25(36)29-23)10-2-12-33(26)18-6-9-22(28-15-18)37-19-7-4-16(5-8-19)20-13-21(32-31-20)17-3-1-11-27-14-17/h1,3-9,11,13-15H,2,10,12H2,(H,31,32)(H2,29,30,34,35,36). The van der Waals surface area contributed by atoms with Gasteiger partial charge in [0.05, 0.1) is 23.3 Å². The Balaban J connectivity index is 1.16. The molecular formula is C26H21N7O4. The molecule has 0 saturated carbocycles. The average molecular weight is 495 g/mol. The Hall–Kier alpha value is -5.06. The number of rotatable bonds is 5. The predicted molar refractivity (Wildman–Crippen MR) is 133 cm³/mol. The number of anilines is 1. The summed E-state index contributed by atoms with van der Waals surface area (Å²) in [5, 5.41) is 11.8. The second-order valence-electron chi connectivity index (χ2n) is 8.74. The Labute approximate surface area is 210 Å². The summed E-state index contributed by atoms with van der Waals surface area (Å²) >= 11 is 0. The first kappa shape index (κ1) is 22.4. The minimum Gasteiger partial charge on any atom is -0.439 e. The number of nitrogens with one attached hydrogen (secondary N) is 3. The van der Waals surface area contributed by atoms with E-state index in [9.17, 15) is 14.4 Å². The van der Waals surface area contributed by atoms with Crippen LogP contribution < -0.4 is 20.3 Å². The lowest BCUT2D eigenvalue weighted by Crippen LogP contribution is -2.71. The molecule has 2 fully saturated rings. The number of benzene rings is 1. The molecule has 5 heterocycles. The fourth-order valence-electron chi connectivity index (χ4n) is 4.74. The van der Waals surface area contributed by atoms with Gasteiger partial charge in [0.25, 0.3) is 11.8 Å². The number of pyridine rings is 2. The fourth-order valence-corrected chi connectivity index (χ4v) is 4.74. The Morgan fingerprint density at radius 1 is 0.919 bits per heavy atom. The van der Waals surface area contributed by atoms with E-state index >= 15 is 0 Å². The molecule has 11 heteroatoms. The minimum atomic E-state index is -1.46. The van der Waals surface area contributed by atoms with Gasteiger partial charge in [-0.25, -0.2) is 9.78 Å². The summed E-state index contributed by atoms with van der Waals surface area (Å²) in [6, 6.07) is 15.9. The third-order valence-corrected chi connectivity index (χ3v) is 6.54. The zero-order valence-electron chi connectivity index (χ0n) is 19.5. The first-order valence-corrected chi connectivity index (χ1v) is 11.7. The molecule has 0 unspecified atom stereocenters. The van der Waals surface area contributed by atoms with E-state index in [0.29, 0.717) is 36.7 Å². The van der Waals surface area contributed by atoms with Gasteiger partial charge in [-0.1, -0.05) is 0 Å². The van der Waals surface area contributed by atoms with Crippen molar-refractivity contribution in [2.45, 2.75) is 18.4 Å². The van der Waals surface area contributed by atoms with Crippen molar-refractivity contribution in [3.8, 4) is 34.1 Å². The highest BCUT2D eigenvalue weighted by molar-refractivity contribution is 6.24. The largest absolute Gasteiger partial charge is 0.439 e. The van der Waals surface area contributed by atoms with Crippen molar-refractivity contribution in [3.05, 3.63) is 73.2 Å². The van der Waals surface area contributed by atoms with E-state index < -0.39 is 23.4 Å². The number of hydrogen-bond acceptors (Lipinski definition) is 8. The van der Waals surface area contributed by atoms with Crippen LogP contribution in [0.4, 0.5) is 10.5 Å². The number of aromatic nitrogens is 4. The van der Waals surface area contributed by atoms with E-state index in [1.165, 1.54) is 0 Å². The number of urea groups is 1. The Morgan fingerprint density at radius 3 is 2.43 bits per heavy atom. The van der Waals surface area contributed by atoms with Crippen LogP contribution in [0.1, 0.15) is 12.8 Å². The number of H-pyrrole nitrogens is 1. The van der Waals surface area contributed by atoms with Crippen molar-refractivity contribution in [1.29, 1.82) is 0 Å². The van der Waals surface area contributed by atoms with Crippen LogP contribution in [0.25, 0.3) is 22.5 Å². The van der Waals surface area contributed by atoms with Gasteiger partial charge < -0.3 is 9.64 Å². The van der Waals surface area contributed by atoms with Crippen molar-refractivity contribution >= 4 is 23.5 Å². The molecular weight excluding hydrogens is 474 g/mol. The van der Waals surface area contributed by atoms with Crippen molar-refractivity contribution in [3.63, 3.8) is 0 Å². The fraction of sp³-hybridized carbons (Fsp3) is 0.154. The topological polar surface area (TPSA) is 142 Å². The quantitative estimate of drug-likeness (QED) is 0.359. The molecule has 3 aromatic heterocycles. The van der Waals surface area contributed by atoms with Crippen molar-refractivity contribution in [2.75, 3.05) is 11.4 Å². The molecule has 4 amide bonds. The lowest BCUT2D eigenvalue weighted by atomic mass is 9.92. The molecule has 1 spiro atoms. The Kier molecular flexibility index (Phi) is 5.37. The molecule has 3 N–H and O–H groups in total. The van der Waals surface area contributed by atoms with E-state index in [4.69, 9.17) is 4.74 Å². The lowest BCUT2D eigenvalue weighted by Gasteiger charge is -2.38. The summed E-state index contributed by atoms with van der Waals surface area (Å²) in [5.41, 5.74) is 2.67. The third-order valence-electron chi connectivity index (χ3n) is 6.54. The van der Waals surface area contributed by atoms with Gasteiger partial charge in [0, 0.05) is 30.6 Å². The highest BCUT2D eigenvalue weighted by Gasteiger charge is 2.57. The summed E-state index contributed by atoms with van der Waals surface area (Å²) in [4.78, 5) is 47.0. The SMILES string of the molecule is O=C1NC(=O)C2(CCCN2c2ccc(Oc3ccc(-c4cc(-c5cccnc5)n[nH]4)cc3)nc2)C(=O)N1. The number of imide groups is 2. The van der Waals surface area contributed by atoms with Crippen LogP contribution in [-0.4, -0.2) is 50.1 Å². The van der Waals surface area contributed by atoms with Crippen molar-refractivity contribution in [2.24, 2.45) is 0 Å². The van der Waals surface area contributed by atoms with Gasteiger partial charge >= 0.3 is 6.03 Å². The lowest BCUT2D eigenvalue weighted by molar-refractivity contribution is -0.137. The van der Waals surface area contributed by atoms with Crippen LogP contribution in [-0.2, 0) is 9.59 Å². The normalized spacial score (nSPS) is 16.5. The highest BCUT2D eigenvalue weighted by atomic mass is 16.5. The molecule has 2 saturated heterocycles. The van der Waals surface area contributed by atoms with E-state index in [2.05, 4.69) is 30.8 Å². The van der Waals surface area contributed by atoms with E-state index in [1.807, 2.05) is 42.5 Å². The summed E-state index contributed by atoms with van der Waals surface area (Å²) < 4.78 is 5.89. The number of amides is 4. The number of barbiturate groups is 1. The zero-order valence-corrected chi connectivity index (χ0v) is 19.5. The molecule has 1 aromatic carbocycles. The zero-order chi connectivity index (χ0) is 25.4. The van der Waals surface area contributed by atoms with Gasteiger partial charge in [0.15, 0.2) is 5.54 Å². The molecule has 2 aliphatic heterocycles. The maximum Gasteiger partial charge on any atom is 0.328 e. The molecule has 0 aliphatic carbocycles. The average Bonchev–Trinajstić information content (AvgIpc) is 3.58. The number of aromatic amines is 1. The number of hydrogen-bond donors (Lipinski definition) is 3. The van der Waals surface area contributed by atoms with Crippen LogP contribution in [0, 0.1) is 0 Å². The van der Waals surface area contributed by atoms with Gasteiger partial charge in [-0.05, 0) is 66.9 Å². The van der Waals surface area contributed by atoms with Crippen LogP contribution in [0.2, 0.25) is 0 Å². The summed E-state index contributed by atoms with van der Waals surface area (Å²) in [6.07, 6.45) is 5.97. The van der Waals surface area contributed by atoms with E-state index in [0.717, 1.165) is 22.5 Å². The van der Waals surface area contributed by atoms with Crippen molar-refractivity contribution in [1.82, 2.24) is 30.8 Å². The van der Waals surface area contributed by atoms with Crippen LogP contribution in [0.5, 0.6) is 11.6 Å². The molecule has 0 bridgehead atoms. The van der Waals surface area contributed by atoms with Gasteiger partial charge in [-0.15, -0.1) is 0 Å². The predicted octanol–water partition coefficient (Wildman–Crippen LogP) is 3.03. The summed E-state index contributed by atoms with van der Waals surface area (Å²) in [7, 11) is 0. The Bertz CT molecular complexity index is 1460. The summed E-state index contributed by atoms with van der Waals surface area (Å²) in [5.74, 6) is -0.288. The van der Waals surface area contributed by atoms with Crippen molar-refractivity contribution < 1.29 is 19.1 Å². The molecule has 0 radical (unpaired) electrons. The second-order valence-corrected chi connectivity index (χ2v) is 8.74. The van der Waals surface area contributed by atoms with E-state index in [1.54, 1.807) is 35.6 Å². The molecule has 0 atom stereocenters. The number of carbonyl (C=O) groups is 3. The monoisotopic (exact) mass is 495 g/mol. The molecule has 184 valence electrons. The van der Waals surface area contributed by atoms with Gasteiger partial charge in [-0.2, -0.15) is 5.10 Å². The van der Waals surface area contributed by atoms with Crippen LogP contribution >= 0.6 is 0 Å². The smallest absolute Gasteiger partial charge is 0.328 e. The summed E-state index contributed by atoms with van der Waals surface area (Å²) in [6.45, 7) is 0.481. The van der Waals surface area contributed by atoms with Gasteiger partial charge in [0.2, 0.25) is 5.88 Å². The maximum absolute atomic E-state index is 12.6. The maximum atomic E-state index is 12.6. The van der Waals surface area contributed by atoms with Crippen LogP contribution in [0.3, 0.4) is 0 Å². The number of ether oxygens (including phenoxy) is 1. The first-order valence-electron chi connectivity index (χ1n) is 11.7. The third kappa shape index (κ3) is 3.96. The molecule has 6 rings (SSSR count). The molecule has 4 aromatic rings. The second kappa shape index (κ2) is 8.86. The molecule has 2 aliphatic rings. The van der Waals surface area contributed by atoms with E-state index in [-0.39, 0.29) is 0 Å². The van der Waals surface area contributed by atoms with Gasteiger partial charge in [-0.3, -0.25) is 30.3 Å².